The highest BCUT2D eigenvalue weighted by atomic mass is 16.6. The summed E-state index contributed by atoms with van der Waals surface area (Å²) in [5.74, 6) is 1.15. The molecule has 0 aliphatic carbocycles. The zero-order valence-electron chi connectivity index (χ0n) is 9.55. The number of terminal acetylenes is 1. The lowest BCUT2D eigenvalue weighted by Gasteiger charge is -2.09. The summed E-state index contributed by atoms with van der Waals surface area (Å²) in [6.07, 6.45) is 7.52. The first kappa shape index (κ1) is 17.3. The molecule has 5 heteroatoms. The van der Waals surface area contributed by atoms with Gasteiger partial charge in [-0.25, -0.2) is 4.79 Å². The highest BCUT2D eigenvalue weighted by Crippen LogP contribution is 1.97. The number of rotatable bonds is 1. The Morgan fingerprint density at radius 3 is 1.71 bits per heavy atom. The van der Waals surface area contributed by atoms with Gasteiger partial charge in [0, 0.05) is 6.08 Å². The van der Waals surface area contributed by atoms with E-state index in [0.29, 0.717) is 13.0 Å². The van der Waals surface area contributed by atoms with Gasteiger partial charge in [-0.2, -0.15) is 0 Å². The second-order valence-electron chi connectivity index (χ2n) is 2.50. The van der Waals surface area contributed by atoms with Crippen molar-refractivity contribution in [3.63, 3.8) is 0 Å². The molecule has 5 nitrogen and oxygen atoms in total. The van der Waals surface area contributed by atoms with Gasteiger partial charge in [-0.05, 0) is 6.08 Å². The van der Waals surface area contributed by atoms with Crippen LogP contribution in [0.4, 0.5) is 0 Å². The van der Waals surface area contributed by atoms with E-state index in [0.717, 1.165) is 19.3 Å². The van der Waals surface area contributed by atoms with Gasteiger partial charge >= 0.3 is 11.9 Å². The summed E-state index contributed by atoms with van der Waals surface area (Å²) in [6, 6.07) is 0. The first-order chi connectivity index (χ1) is 8.08. The molecule has 0 radical (unpaired) electrons. The topological polar surface area (TPSA) is 76.1 Å². The quantitative estimate of drug-likeness (QED) is 0.320. The molecule has 0 bridgehead atoms. The van der Waals surface area contributed by atoms with E-state index in [2.05, 4.69) is 35.0 Å². The van der Waals surface area contributed by atoms with Crippen LogP contribution in [0.15, 0.2) is 25.3 Å². The van der Waals surface area contributed by atoms with Gasteiger partial charge in [-0.15, -0.1) is 6.42 Å². The predicted octanol–water partition coefficient (Wildman–Crippen LogP) is 1.01. The van der Waals surface area contributed by atoms with E-state index >= 15 is 0 Å². The molecule has 0 aromatic carbocycles. The van der Waals surface area contributed by atoms with Crippen molar-refractivity contribution in [2.45, 2.75) is 6.42 Å². The summed E-state index contributed by atoms with van der Waals surface area (Å²) >= 11 is 0. The molecule has 1 N–H and O–H groups in total. The first-order valence-corrected chi connectivity index (χ1v) is 4.74. The molecule has 17 heavy (non-hydrogen) atoms. The van der Waals surface area contributed by atoms with Crippen LogP contribution in [0.25, 0.3) is 0 Å². The van der Waals surface area contributed by atoms with Crippen molar-refractivity contribution in [1.82, 2.24) is 0 Å². The number of hydrogen-bond donors (Lipinski definition) is 1. The molecule has 0 amide bonds. The lowest BCUT2D eigenvalue weighted by molar-refractivity contribution is -0.157. The molecule has 2 aliphatic heterocycles. The van der Waals surface area contributed by atoms with Crippen molar-refractivity contribution in [2.75, 3.05) is 19.8 Å². The molecule has 2 heterocycles. The van der Waals surface area contributed by atoms with E-state index in [4.69, 9.17) is 5.11 Å². The maximum atomic E-state index is 9.68. The summed E-state index contributed by atoms with van der Waals surface area (Å²) in [4.78, 5) is 18.9. The number of esters is 1. The maximum Gasteiger partial charge on any atom is 0.327 e. The van der Waals surface area contributed by atoms with Crippen LogP contribution in [-0.4, -0.2) is 36.9 Å². The van der Waals surface area contributed by atoms with Crippen LogP contribution in [0.1, 0.15) is 6.42 Å². The normalized spacial score (nSPS) is 13.0. The number of allylic oxidation sites excluding steroid dienone is 1. The lowest BCUT2D eigenvalue weighted by atomic mass is 10.4. The van der Waals surface area contributed by atoms with Crippen molar-refractivity contribution < 1.29 is 24.2 Å². The number of carboxylic acid groups (broad SMARTS) is 1. The van der Waals surface area contributed by atoms with Gasteiger partial charge < -0.3 is 14.6 Å². The highest BCUT2D eigenvalue weighted by Gasteiger charge is 2.10. The van der Waals surface area contributed by atoms with Crippen molar-refractivity contribution in [3.8, 4) is 12.3 Å². The fourth-order valence-corrected chi connectivity index (χ4v) is 0.185. The molecule has 2 saturated heterocycles. The van der Waals surface area contributed by atoms with Crippen molar-refractivity contribution in [3.05, 3.63) is 25.3 Å². The average Bonchev–Trinajstić information content (AvgIpc) is 3.15. The van der Waals surface area contributed by atoms with E-state index in [1.54, 1.807) is 0 Å². The SMILES string of the molecule is C#CC=C.C1CO1.C=CC(=O)O.O=C1CCO1. The Kier molecular flexibility index (Phi) is 14.2. The van der Waals surface area contributed by atoms with Gasteiger partial charge in [0.15, 0.2) is 0 Å². The Labute approximate surface area is 101 Å². The molecule has 0 unspecified atom stereocenters. The van der Waals surface area contributed by atoms with Crippen LogP contribution in [0.5, 0.6) is 0 Å². The number of hydrogen-bond acceptors (Lipinski definition) is 4. The molecular weight excluding hydrogens is 224 g/mol. The van der Waals surface area contributed by atoms with Gasteiger partial charge in [0.25, 0.3) is 0 Å². The smallest absolute Gasteiger partial charge is 0.327 e. The molecule has 2 fully saturated rings. The van der Waals surface area contributed by atoms with E-state index in [1.165, 1.54) is 6.08 Å². The summed E-state index contributed by atoms with van der Waals surface area (Å²) in [6.45, 7) is 8.84. The van der Waals surface area contributed by atoms with E-state index in [-0.39, 0.29) is 5.97 Å². The van der Waals surface area contributed by atoms with Crippen LogP contribution >= 0.6 is 0 Å². The fraction of sp³-hybridized carbons (Fsp3) is 0.333. The molecule has 0 spiro atoms. The van der Waals surface area contributed by atoms with Crippen LogP contribution < -0.4 is 0 Å². The molecule has 0 aromatic heterocycles. The molecule has 0 atom stereocenters. The molecule has 2 aliphatic rings. The van der Waals surface area contributed by atoms with E-state index in [9.17, 15) is 9.59 Å². The second kappa shape index (κ2) is 13.9. The van der Waals surface area contributed by atoms with Crippen LogP contribution in [0.3, 0.4) is 0 Å². The lowest BCUT2D eigenvalue weighted by Crippen LogP contribution is -2.18. The second-order valence-corrected chi connectivity index (χ2v) is 2.50. The number of aliphatic carboxylic acids is 1. The fourth-order valence-electron chi connectivity index (χ4n) is 0.185. The number of ether oxygens (including phenoxy) is 2. The predicted molar refractivity (Wildman–Crippen MR) is 63.3 cm³/mol. The third-order valence-electron chi connectivity index (χ3n) is 1.07. The van der Waals surface area contributed by atoms with E-state index in [1.807, 2.05) is 0 Å². The third kappa shape index (κ3) is 31.5. The Morgan fingerprint density at radius 1 is 1.41 bits per heavy atom. The molecule has 94 valence electrons. The van der Waals surface area contributed by atoms with Gasteiger partial charge in [-0.3, -0.25) is 4.79 Å². The Balaban J connectivity index is 0. The minimum atomic E-state index is -0.981. The van der Waals surface area contributed by atoms with Gasteiger partial charge in [0.1, 0.15) is 6.61 Å². The van der Waals surface area contributed by atoms with Crippen molar-refractivity contribution in [1.29, 1.82) is 0 Å². The monoisotopic (exact) mass is 240 g/mol. The standard InChI is InChI=1S/C4H4.2C3H4O2.C2H4O/c1-3-4-2;4-3-1-2-5-3;1-2-3(4)5;1-2-3-1/h1,4H,2H2;1-2H2;2H,1H2,(H,4,5);1-2H2. The molecule has 0 saturated carbocycles. The number of cyclic esters (lactones) is 1. The van der Waals surface area contributed by atoms with Gasteiger partial charge in [0.05, 0.1) is 19.6 Å². The summed E-state index contributed by atoms with van der Waals surface area (Å²) in [5, 5.41) is 7.60. The van der Waals surface area contributed by atoms with Crippen LogP contribution in [-0.2, 0) is 19.1 Å². The average molecular weight is 240 g/mol. The van der Waals surface area contributed by atoms with Gasteiger partial charge in [0.2, 0.25) is 0 Å². The maximum absolute atomic E-state index is 9.68. The number of carboxylic acids is 1. The largest absolute Gasteiger partial charge is 0.478 e. The Morgan fingerprint density at radius 2 is 1.71 bits per heavy atom. The van der Waals surface area contributed by atoms with Crippen molar-refractivity contribution >= 4 is 11.9 Å². The number of carbonyl (C=O) groups is 2. The molecular formula is C12H16O5. The van der Waals surface area contributed by atoms with E-state index < -0.39 is 5.97 Å². The van der Waals surface area contributed by atoms with Crippen LogP contribution in [0.2, 0.25) is 0 Å². The molecule has 0 aromatic rings. The minimum absolute atomic E-state index is 0.0648. The third-order valence-corrected chi connectivity index (χ3v) is 1.07. The Bertz CT molecular complexity index is 277. The highest BCUT2D eigenvalue weighted by molar-refractivity contribution is 5.78. The molecule has 2 rings (SSSR count). The summed E-state index contributed by atoms with van der Waals surface area (Å²) in [7, 11) is 0. The zero-order valence-corrected chi connectivity index (χ0v) is 9.55. The number of carbonyl (C=O) groups excluding carboxylic acids is 1. The zero-order chi connectivity index (χ0) is 13.5. The van der Waals surface area contributed by atoms with Crippen molar-refractivity contribution in [2.24, 2.45) is 0 Å². The summed E-state index contributed by atoms with van der Waals surface area (Å²) in [5.41, 5.74) is 0. The van der Waals surface area contributed by atoms with Crippen LogP contribution in [0, 0.1) is 12.3 Å². The first-order valence-electron chi connectivity index (χ1n) is 4.74. The Hall–Kier alpha value is -2.06. The van der Waals surface area contributed by atoms with Gasteiger partial charge in [-0.1, -0.05) is 19.1 Å². The summed E-state index contributed by atoms with van der Waals surface area (Å²) < 4.78 is 8.79. The minimum Gasteiger partial charge on any atom is -0.478 e. The number of epoxide rings is 1.